The number of nitro groups is 1. The van der Waals surface area contributed by atoms with Gasteiger partial charge in [-0.05, 0) is 43.0 Å². The molecule has 0 radical (unpaired) electrons. The van der Waals surface area contributed by atoms with Crippen molar-refractivity contribution < 1.29 is 32.4 Å². The van der Waals surface area contributed by atoms with Gasteiger partial charge in [-0.25, -0.2) is 8.42 Å². The molecule has 0 saturated heterocycles. The largest absolute Gasteiger partial charge is 0.497 e. The van der Waals surface area contributed by atoms with E-state index >= 15 is 0 Å². The second-order valence-electron chi connectivity index (χ2n) is 9.67. The Morgan fingerprint density at radius 3 is 2.40 bits per heavy atom. The monoisotopic (exact) mass is 576 g/mol. The molecule has 0 heterocycles. The van der Waals surface area contributed by atoms with Gasteiger partial charge in [-0.3, -0.25) is 24.0 Å². The third-order valence-corrected chi connectivity index (χ3v) is 8.02. The van der Waals surface area contributed by atoms with Crippen molar-refractivity contribution in [2.75, 3.05) is 31.3 Å². The second-order valence-corrected chi connectivity index (χ2v) is 11.6. The van der Waals surface area contributed by atoms with Gasteiger partial charge in [0.15, 0.2) is 0 Å². The Kier molecular flexibility index (Phi) is 10.3. The fourth-order valence-electron chi connectivity index (χ4n) is 4.84. The van der Waals surface area contributed by atoms with Crippen LogP contribution in [0.5, 0.6) is 11.5 Å². The van der Waals surface area contributed by atoms with Crippen LogP contribution in [-0.4, -0.2) is 69.2 Å². The highest BCUT2D eigenvalue weighted by Crippen LogP contribution is 2.34. The number of hydrogen-bond acceptors (Lipinski definition) is 8. The Labute approximate surface area is 234 Å². The van der Waals surface area contributed by atoms with E-state index in [-0.39, 0.29) is 42.0 Å². The van der Waals surface area contributed by atoms with Gasteiger partial charge in [-0.1, -0.05) is 31.9 Å². The zero-order valence-electron chi connectivity index (χ0n) is 23.2. The summed E-state index contributed by atoms with van der Waals surface area (Å²) in [5, 5.41) is 14.5. The Morgan fingerprint density at radius 2 is 1.82 bits per heavy atom. The Bertz CT molecular complexity index is 1330. The molecule has 218 valence electrons. The maximum absolute atomic E-state index is 13.9. The Morgan fingerprint density at radius 1 is 1.12 bits per heavy atom. The second kappa shape index (κ2) is 13.5. The number of nitrogens with one attached hydrogen (secondary N) is 1. The van der Waals surface area contributed by atoms with E-state index < -0.39 is 33.4 Å². The van der Waals surface area contributed by atoms with Crippen molar-refractivity contribution in [1.82, 2.24) is 10.2 Å². The average Bonchev–Trinajstić information content (AvgIpc) is 3.43. The van der Waals surface area contributed by atoms with E-state index in [1.807, 2.05) is 0 Å². The van der Waals surface area contributed by atoms with Crippen molar-refractivity contribution >= 4 is 33.2 Å². The number of rotatable bonds is 13. The van der Waals surface area contributed by atoms with Gasteiger partial charge in [0, 0.05) is 24.7 Å². The van der Waals surface area contributed by atoms with Crippen molar-refractivity contribution in [2.24, 2.45) is 0 Å². The van der Waals surface area contributed by atoms with Crippen LogP contribution in [0.2, 0.25) is 0 Å². The minimum atomic E-state index is -4.11. The Balaban J connectivity index is 2.02. The molecule has 0 aromatic heterocycles. The lowest BCUT2D eigenvalue weighted by Gasteiger charge is -2.33. The van der Waals surface area contributed by atoms with Crippen LogP contribution in [0.4, 0.5) is 11.4 Å². The molecule has 3 rings (SSSR count). The van der Waals surface area contributed by atoms with Gasteiger partial charge >= 0.3 is 0 Å². The molecular formula is C27H36N4O8S. The van der Waals surface area contributed by atoms with Gasteiger partial charge < -0.3 is 19.7 Å². The lowest BCUT2D eigenvalue weighted by molar-refractivity contribution is -0.384. The average molecular weight is 577 g/mol. The highest BCUT2D eigenvalue weighted by molar-refractivity contribution is 7.92. The lowest BCUT2D eigenvalue weighted by atomic mass is 10.1. The quantitative estimate of drug-likeness (QED) is 0.282. The molecule has 2 amide bonds. The lowest BCUT2D eigenvalue weighted by Crippen LogP contribution is -2.53. The minimum absolute atomic E-state index is 0.0102. The third kappa shape index (κ3) is 7.62. The molecule has 12 nitrogen and oxygen atoms in total. The predicted octanol–water partition coefficient (Wildman–Crippen LogP) is 3.24. The summed E-state index contributed by atoms with van der Waals surface area (Å²) in [5.74, 6) is -0.374. The number of nitrogens with zero attached hydrogens (tertiary/aromatic N) is 3. The zero-order valence-corrected chi connectivity index (χ0v) is 24.0. The smallest absolute Gasteiger partial charge is 0.271 e. The zero-order chi connectivity index (χ0) is 29.4. The van der Waals surface area contributed by atoms with E-state index in [0.717, 1.165) is 42.3 Å². The normalized spacial score (nSPS) is 14.3. The molecule has 1 aliphatic rings. The highest BCUT2D eigenvalue weighted by Gasteiger charge is 2.34. The van der Waals surface area contributed by atoms with Crippen LogP contribution in [0.3, 0.4) is 0 Å². The molecule has 1 atom stereocenters. The SMILES string of the molecule is CCC(C(=O)NC1CCCC1)N(Cc1cccc(OC)c1)C(=O)CN(c1cc([N+](=O)[O-])ccc1OC)S(C)(=O)=O. The molecule has 1 N–H and O–H groups in total. The van der Waals surface area contributed by atoms with E-state index in [9.17, 15) is 28.1 Å². The first-order valence-electron chi connectivity index (χ1n) is 13.0. The number of nitro benzene ring substituents is 1. The molecular weight excluding hydrogens is 540 g/mol. The number of methoxy groups -OCH3 is 2. The molecule has 2 aromatic rings. The summed E-state index contributed by atoms with van der Waals surface area (Å²) >= 11 is 0. The summed E-state index contributed by atoms with van der Waals surface area (Å²) in [6, 6.07) is 9.66. The van der Waals surface area contributed by atoms with Crippen LogP contribution in [0.25, 0.3) is 0 Å². The van der Waals surface area contributed by atoms with Crippen molar-refractivity contribution in [3.63, 3.8) is 0 Å². The number of benzene rings is 2. The number of amides is 2. The molecule has 0 bridgehead atoms. The van der Waals surface area contributed by atoms with Crippen molar-refractivity contribution in [1.29, 1.82) is 0 Å². The molecule has 0 aliphatic heterocycles. The number of sulfonamides is 1. The topological polar surface area (TPSA) is 148 Å². The highest BCUT2D eigenvalue weighted by atomic mass is 32.2. The van der Waals surface area contributed by atoms with Gasteiger partial charge in [-0.15, -0.1) is 0 Å². The van der Waals surface area contributed by atoms with Crippen LogP contribution in [-0.2, 0) is 26.2 Å². The maximum atomic E-state index is 13.9. The summed E-state index contributed by atoms with van der Waals surface area (Å²) in [6.07, 6.45) is 4.94. The number of carbonyl (C=O) groups excluding carboxylic acids is 2. The Hall–Kier alpha value is -3.87. The van der Waals surface area contributed by atoms with Gasteiger partial charge in [0.05, 0.1) is 25.4 Å². The molecule has 40 heavy (non-hydrogen) atoms. The van der Waals surface area contributed by atoms with E-state index in [1.165, 1.54) is 31.3 Å². The van der Waals surface area contributed by atoms with Crippen LogP contribution in [0.15, 0.2) is 42.5 Å². The number of hydrogen-bond donors (Lipinski definition) is 1. The summed E-state index contributed by atoms with van der Waals surface area (Å²) in [7, 11) is -1.30. The maximum Gasteiger partial charge on any atom is 0.271 e. The number of carbonyl (C=O) groups is 2. The number of anilines is 1. The summed E-state index contributed by atoms with van der Waals surface area (Å²) in [6.45, 7) is 1.09. The minimum Gasteiger partial charge on any atom is -0.497 e. The number of non-ortho nitro benzene ring substituents is 1. The van der Waals surface area contributed by atoms with Crippen LogP contribution in [0.1, 0.15) is 44.6 Å². The molecule has 1 unspecified atom stereocenters. The number of ether oxygens (including phenoxy) is 2. The standard InChI is InChI=1S/C27H36N4O8S/c1-5-23(27(33)28-20-10-6-7-11-20)29(17-19-9-8-12-22(15-19)38-2)26(32)18-30(40(4,36)37)24-16-21(31(34)35)13-14-25(24)39-3/h8-9,12-16,20,23H,5-7,10-11,17-18H2,1-4H3,(H,28,33). The summed E-state index contributed by atoms with van der Waals surface area (Å²) in [4.78, 5) is 39.4. The summed E-state index contributed by atoms with van der Waals surface area (Å²) in [5.41, 5.74) is 0.156. The van der Waals surface area contributed by atoms with Gasteiger partial charge in [0.1, 0.15) is 29.8 Å². The van der Waals surface area contributed by atoms with Crippen molar-refractivity contribution in [3.8, 4) is 11.5 Å². The molecule has 13 heteroatoms. The van der Waals surface area contributed by atoms with Crippen LogP contribution < -0.4 is 19.1 Å². The fraction of sp³-hybridized carbons (Fsp3) is 0.481. The molecule has 1 saturated carbocycles. The summed E-state index contributed by atoms with van der Waals surface area (Å²) < 4.78 is 37.2. The van der Waals surface area contributed by atoms with Gasteiger partial charge in [0.25, 0.3) is 5.69 Å². The molecule has 0 spiro atoms. The van der Waals surface area contributed by atoms with E-state index in [1.54, 1.807) is 31.2 Å². The van der Waals surface area contributed by atoms with E-state index in [4.69, 9.17) is 9.47 Å². The first kappa shape index (κ1) is 30.7. The van der Waals surface area contributed by atoms with E-state index in [2.05, 4.69) is 5.32 Å². The first-order chi connectivity index (χ1) is 19.0. The van der Waals surface area contributed by atoms with E-state index in [0.29, 0.717) is 11.3 Å². The third-order valence-electron chi connectivity index (χ3n) is 6.90. The van der Waals surface area contributed by atoms with Crippen LogP contribution in [0, 0.1) is 10.1 Å². The van der Waals surface area contributed by atoms with Crippen LogP contribution >= 0.6 is 0 Å². The molecule has 2 aromatic carbocycles. The predicted molar refractivity (Wildman–Crippen MR) is 150 cm³/mol. The molecule has 1 fully saturated rings. The van der Waals surface area contributed by atoms with Crippen molar-refractivity contribution in [2.45, 2.75) is 57.7 Å². The van der Waals surface area contributed by atoms with Crippen molar-refractivity contribution in [3.05, 3.63) is 58.1 Å². The first-order valence-corrected chi connectivity index (χ1v) is 14.9. The van der Waals surface area contributed by atoms with Gasteiger partial charge in [0.2, 0.25) is 21.8 Å². The van der Waals surface area contributed by atoms with Gasteiger partial charge in [-0.2, -0.15) is 0 Å². The fourth-order valence-corrected chi connectivity index (χ4v) is 5.68. The molecule has 1 aliphatic carbocycles.